The summed E-state index contributed by atoms with van der Waals surface area (Å²) in [6.45, 7) is 0. The standard InChI is InChI=1S/C7H6F11P/c8-3(9,1-2-19)4(10,11)5(12,13)6(14,15)7(16,17)18/h1-2,19H2. The van der Waals surface area contributed by atoms with Crippen LogP contribution in [0.15, 0.2) is 0 Å². The Morgan fingerprint density at radius 3 is 1.21 bits per heavy atom. The second kappa shape index (κ2) is 4.89. The molecule has 0 amide bonds. The fourth-order valence-corrected chi connectivity index (χ4v) is 1.31. The molecule has 12 heteroatoms. The molecular weight excluding hydrogens is 324 g/mol. The maximum Gasteiger partial charge on any atom is 0.460 e. The highest BCUT2D eigenvalue weighted by Crippen LogP contribution is 2.57. The molecule has 0 heterocycles. The first-order valence-electron chi connectivity index (χ1n) is 4.34. The Kier molecular flexibility index (Phi) is 4.80. The summed E-state index contributed by atoms with van der Waals surface area (Å²) >= 11 is 0. The van der Waals surface area contributed by atoms with Gasteiger partial charge in [0.1, 0.15) is 0 Å². The summed E-state index contributed by atoms with van der Waals surface area (Å²) < 4.78 is 135. The summed E-state index contributed by atoms with van der Waals surface area (Å²) in [6.07, 6.45) is -10.0. The fraction of sp³-hybridized carbons (Fsp3) is 1.00. The van der Waals surface area contributed by atoms with E-state index in [0.717, 1.165) is 0 Å². The lowest BCUT2D eigenvalue weighted by molar-refractivity contribution is -0.422. The van der Waals surface area contributed by atoms with Crippen molar-refractivity contribution >= 4 is 9.24 Å². The van der Waals surface area contributed by atoms with Crippen LogP contribution < -0.4 is 0 Å². The van der Waals surface area contributed by atoms with E-state index in [4.69, 9.17) is 0 Å². The number of hydrogen-bond donors (Lipinski definition) is 0. The SMILES string of the molecule is FC(F)(F)C(F)(F)C(F)(F)C(F)(F)C(F)(F)CCP. The third-order valence-corrected chi connectivity index (χ3v) is 2.35. The first-order valence-corrected chi connectivity index (χ1v) is 5.16. The molecule has 0 N–H and O–H groups in total. The smallest absolute Gasteiger partial charge is 0.200 e. The van der Waals surface area contributed by atoms with Crippen molar-refractivity contribution in [3.63, 3.8) is 0 Å². The molecule has 0 bridgehead atoms. The topological polar surface area (TPSA) is 0 Å². The van der Waals surface area contributed by atoms with Crippen molar-refractivity contribution in [2.45, 2.75) is 36.3 Å². The zero-order valence-corrected chi connectivity index (χ0v) is 9.80. The minimum Gasteiger partial charge on any atom is -0.200 e. The fourth-order valence-electron chi connectivity index (χ4n) is 0.943. The Hall–Kier alpha value is -0.340. The van der Waals surface area contributed by atoms with Crippen LogP contribution in [0.5, 0.6) is 0 Å². The number of alkyl halides is 11. The normalized spacial score (nSPS) is 15.8. The van der Waals surface area contributed by atoms with Crippen molar-refractivity contribution in [2.75, 3.05) is 6.16 Å². The van der Waals surface area contributed by atoms with Crippen LogP contribution in [0.2, 0.25) is 0 Å². The van der Waals surface area contributed by atoms with Crippen molar-refractivity contribution in [1.29, 1.82) is 0 Å². The predicted octanol–water partition coefficient (Wildman–Crippen LogP) is 4.36. The molecule has 0 saturated heterocycles. The molecule has 1 unspecified atom stereocenters. The lowest BCUT2D eigenvalue weighted by atomic mass is 9.96. The second-order valence-corrected chi connectivity index (χ2v) is 4.04. The van der Waals surface area contributed by atoms with Crippen LogP contribution in [0.4, 0.5) is 48.3 Å². The van der Waals surface area contributed by atoms with Crippen LogP contribution in [-0.2, 0) is 0 Å². The summed E-state index contributed by atoms with van der Waals surface area (Å²) in [5.41, 5.74) is 0. The van der Waals surface area contributed by atoms with E-state index < -0.39 is 42.4 Å². The van der Waals surface area contributed by atoms with Crippen LogP contribution in [0.1, 0.15) is 6.42 Å². The van der Waals surface area contributed by atoms with E-state index in [1.807, 2.05) is 0 Å². The third kappa shape index (κ3) is 2.75. The molecule has 0 aromatic heterocycles. The van der Waals surface area contributed by atoms with Gasteiger partial charge in [-0.2, -0.15) is 48.3 Å². The molecule has 0 aliphatic heterocycles. The van der Waals surface area contributed by atoms with Gasteiger partial charge in [-0.1, -0.05) is 0 Å². The van der Waals surface area contributed by atoms with Gasteiger partial charge in [0.15, 0.2) is 0 Å². The van der Waals surface area contributed by atoms with Crippen molar-refractivity contribution in [3.8, 4) is 0 Å². The summed E-state index contributed by atoms with van der Waals surface area (Å²) in [4.78, 5) is 0. The van der Waals surface area contributed by atoms with Gasteiger partial charge in [-0.25, -0.2) is 0 Å². The largest absolute Gasteiger partial charge is 0.460 e. The molecule has 1 atom stereocenters. The van der Waals surface area contributed by atoms with Crippen LogP contribution in [0, 0.1) is 0 Å². The average Bonchev–Trinajstić information content (AvgIpc) is 2.14. The summed E-state index contributed by atoms with van der Waals surface area (Å²) in [6, 6.07) is 0. The van der Waals surface area contributed by atoms with E-state index in [1.165, 1.54) is 9.24 Å². The maximum absolute atomic E-state index is 12.7. The molecule has 0 nitrogen and oxygen atoms in total. The summed E-state index contributed by atoms with van der Waals surface area (Å²) in [5.74, 6) is -27.2. The van der Waals surface area contributed by atoms with Crippen LogP contribution in [0.3, 0.4) is 0 Å². The highest BCUT2D eigenvalue weighted by Gasteiger charge is 2.86. The van der Waals surface area contributed by atoms with Gasteiger partial charge in [-0.15, -0.1) is 9.24 Å². The molecule has 116 valence electrons. The summed E-state index contributed by atoms with van der Waals surface area (Å²) in [7, 11) is 1.43. The maximum atomic E-state index is 12.7. The molecule has 0 fully saturated rings. The molecule has 0 aliphatic carbocycles. The number of hydrogen-bond acceptors (Lipinski definition) is 0. The molecular formula is C7H6F11P. The lowest BCUT2D eigenvalue weighted by Crippen LogP contribution is -2.66. The monoisotopic (exact) mass is 330 g/mol. The highest BCUT2D eigenvalue weighted by atomic mass is 31.0. The molecule has 0 saturated carbocycles. The summed E-state index contributed by atoms with van der Waals surface area (Å²) in [5, 5.41) is 0. The Bertz CT molecular complexity index is 317. The zero-order valence-electron chi connectivity index (χ0n) is 8.65. The van der Waals surface area contributed by atoms with Gasteiger partial charge in [0.2, 0.25) is 0 Å². The van der Waals surface area contributed by atoms with Crippen molar-refractivity contribution in [2.24, 2.45) is 0 Å². The van der Waals surface area contributed by atoms with E-state index in [0.29, 0.717) is 0 Å². The highest BCUT2D eigenvalue weighted by molar-refractivity contribution is 7.16. The predicted molar refractivity (Wildman–Crippen MR) is 45.0 cm³/mol. The van der Waals surface area contributed by atoms with E-state index >= 15 is 0 Å². The van der Waals surface area contributed by atoms with Gasteiger partial charge in [0.05, 0.1) is 0 Å². The van der Waals surface area contributed by atoms with E-state index in [1.54, 1.807) is 0 Å². The number of halogens is 11. The minimum absolute atomic E-state index is 0.906. The number of rotatable bonds is 5. The van der Waals surface area contributed by atoms with Gasteiger partial charge in [0, 0.05) is 6.42 Å². The Morgan fingerprint density at radius 2 is 0.947 bits per heavy atom. The zero-order chi connectivity index (χ0) is 15.9. The minimum atomic E-state index is -7.30. The average molecular weight is 330 g/mol. The lowest BCUT2D eigenvalue weighted by Gasteiger charge is -2.37. The van der Waals surface area contributed by atoms with Gasteiger partial charge < -0.3 is 0 Å². The van der Waals surface area contributed by atoms with Gasteiger partial charge in [0.25, 0.3) is 0 Å². The quantitative estimate of drug-likeness (QED) is 0.519. The van der Waals surface area contributed by atoms with E-state index in [2.05, 4.69) is 0 Å². The van der Waals surface area contributed by atoms with Gasteiger partial charge in [-0.3, -0.25) is 0 Å². The molecule has 19 heavy (non-hydrogen) atoms. The first-order chi connectivity index (χ1) is 8.06. The van der Waals surface area contributed by atoms with Crippen LogP contribution in [-0.4, -0.2) is 36.0 Å². The Morgan fingerprint density at radius 1 is 0.579 bits per heavy atom. The van der Waals surface area contributed by atoms with Crippen LogP contribution in [0.25, 0.3) is 0 Å². The third-order valence-electron chi connectivity index (χ3n) is 2.06. The van der Waals surface area contributed by atoms with E-state index in [9.17, 15) is 48.3 Å². The van der Waals surface area contributed by atoms with E-state index in [-0.39, 0.29) is 0 Å². The first kappa shape index (κ1) is 18.7. The molecule has 0 spiro atoms. The van der Waals surface area contributed by atoms with Crippen LogP contribution >= 0.6 is 9.24 Å². The molecule has 0 aromatic rings. The van der Waals surface area contributed by atoms with Crippen molar-refractivity contribution in [1.82, 2.24) is 0 Å². The van der Waals surface area contributed by atoms with Gasteiger partial charge >= 0.3 is 29.9 Å². The Balaban J connectivity index is 5.77. The Labute approximate surface area is 101 Å². The molecule has 0 aromatic carbocycles. The molecule has 0 rings (SSSR count). The van der Waals surface area contributed by atoms with Crippen molar-refractivity contribution in [3.05, 3.63) is 0 Å². The molecule has 0 aliphatic rings. The second-order valence-electron chi connectivity index (χ2n) is 3.46. The molecule has 0 radical (unpaired) electrons. The van der Waals surface area contributed by atoms with Gasteiger partial charge in [-0.05, 0) is 6.16 Å². The van der Waals surface area contributed by atoms with Crippen molar-refractivity contribution < 1.29 is 48.3 Å².